The molecule has 0 spiro atoms. The van der Waals surface area contributed by atoms with E-state index in [0.717, 1.165) is 30.9 Å². The molecule has 10 heteroatoms. The van der Waals surface area contributed by atoms with Crippen molar-refractivity contribution < 1.29 is 14.3 Å². The molecule has 0 bridgehead atoms. The number of carbonyl (C=O) groups excluding carboxylic acids is 2. The standard InChI is InChI=1S/C16H22N6O3S/c1-25-14(23)6-2-5-13-19-20-16(26-13)18-15(24)12-7-9-22(21-12)11-4-3-8-17-10-11/h7,9,11,17H,2-6,8,10H2,1H3,(H,18,20,24). The second kappa shape index (κ2) is 8.86. The normalized spacial score (nSPS) is 17.0. The number of amides is 1. The summed E-state index contributed by atoms with van der Waals surface area (Å²) in [4.78, 5) is 23.4. The Kier molecular flexibility index (Phi) is 6.29. The van der Waals surface area contributed by atoms with Crippen molar-refractivity contribution >= 4 is 28.3 Å². The van der Waals surface area contributed by atoms with Crippen molar-refractivity contribution in [3.8, 4) is 0 Å². The first-order chi connectivity index (χ1) is 12.7. The van der Waals surface area contributed by atoms with Gasteiger partial charge in [0.25, 0.3) is 5.91 Å². The molecule has 0 saturated carbocycles. The molecular formula is C16H22N6O3S. The van der Waals surface area contributed by atoms with Crippen LogP contribution >= 0.6 is 11.3 Å². The highest BCUT2D eigenvalue weighted by molar-refractivity contribution is 7.15. The number of esters is 1. The van der Waals surface area contributed by atoms with Gasteiger partial charge in [0.2, 0.25) is 5.13 Å². The predicted octanol–water partition coefficient (Wildman–Crippen LogP) is 1.41. The Hall–Kier alpha value is -2.33. The molecule has 2 aromatic heterocycles. The van der Waals surface area contributed by atoms with Gasteiger partial charge in [0.15, 0.2) is 5.69 Å². The van der Waals surface area contributed by atoms with E-state index in [-0.39, 0.29) is 17.9 Å². The van der Waals surface area contributed by atoms with Crippen LogP contribution in [0.25, 0.3) is 0 Å². The lowest BCUT2D eigenvalue weighted by Gasteiger charge is -2.22. The molecule has 0 radical (unpaired) electrons. The smallest absolute Gasteiger partial charge is 0.305 e. The number of piperidine rings is 1. The molecule has 0 aliphatic carbocycles. The molecule has 3 rings (SSSR count). The van der Waals surface area contributed by atoms with E-state index in [1.54, 1.807) is 6.07 Å². The lowest BCUT2D eigenvalue weighted by molar-refractivity contribution is -0.140. The first-order valence-corrected chi connectivity index (χ1v) is 9.44. The highest BCUT2D eigenvalue weighted by Crippen LogP contribution is 2.19. The number of hydrogen-bond acceptors (Lipinski definition) is 8. The molecule has 1 unspecified atom stereocenters. The maximum Gasteiger partial charge on any atom is 0.305 e. The summed E-state index contributed by atoms with van der Waals surface area (Å²) < 4.78 is 6.45. The van der Waals surface area contributed by atoms with Crippen molar-refractivity contribution in [1.82, 2.24) is 25.3 Å². The topological polar surface area (TPSA) is 111 Å². The number of carbonyl (C=O) groups is 2. The number of aromatic nitrogens is 4. The molecule has 140 valence electrons. The second-order valence-electron chi connectivity index (χ2n) is 6.07. The zero-order valence-electron chi connectivity index (χ0n) is 14.6. The Morgan fingerprint density at radius 1 is 1.46 bits per heavy atom. The molecule has 1 aliphatic rings. The molecule has 2 aromatic rings. The van der Waals surface area contributed by atoms with E-state index in [4.69, 9.17) is 0 Å². The van der Waals surface area contributed by atoms with E-state index < -0.39 is 0 Å². The van der Waals surface area contributed by atoms with Crippen LogP contribution in [0, 0.1) is 0 Å². The predicted molar refractivity (Wildman–Crippen MR) is 96.2 cm³/mol. The Morgan fingerprint density at radius 2 is 2.35 bits per heavy atom. The van der Waals surface area contributed by atoms with Gasteiger partial charge < -0.3 is 10.1 Å². The lowest BCUT2D eigenvalue weighted by atomic mass is 10.1. The number of hydrogen-bond donors (Lipinski definition) is 2. The summed E-state index contributed by atoms with van der Waals surface area (Å²) >= 11 is 1.30. The molecule has 0 aromatic carbocycles. The SMILES string of the molecule is COC(=O)CCCc1nnc(NC(=O)c2ccn(C3CCCNC3)n2)s1. The average molecular weight is 378 g/mol. The Labute approximate surface area is 155 Å². The van der Waals surface area contributed by atoms with Crippen molar-refractivity contribution in [1.29, 1.82) is 0 Å². The van der Waals surface area contributed by atoms with E-state index >= 15 is 0 Å². The number of nitrogens with zero attached hydrogens (tertiary/aromatic N) is 4. The van der Waals surface area contributed by atoms with Crippen molar-refractivity contribution in [2.75, 3.05) is 25.5 Å². The van der Waals surface area contributed by atoms with Crippen LogP contribution in [0.1, 0.15) is 47.2 Å². The quantitative estimate of drug-likeness (QED) is 0.701. The maximum atomic E-state index is 12.3. The molecule has 1 fully saturated rings. The second-order valence-corrected chi connectivity index (χ2v) is 7.13. The summed E-state index contributed by atoms with van der Waals surface area (Å²) in [5.41, 5.74) is 0.359. The Morgan fingerprint density at radius 3 is 3.12 bits per heavy atom. The van der Waals surface area contributed by atoms with Crippen LogP contribution in [0.4, 0.5) is 5.13 Å². The van der Waals surface area contributed by atoms with Gasteiger partial charge in [0.1, 0.15) is 5.01 Å². The van der Waals surface area contributed by atoms with E-state index in [1.807, 2.05) is 10.9 Å². The van der Waals surface area contributed by atoms with Gasteiger partial charge in [-0.05, 0) is 31.9 Å². The molecule has 1 amide bonds. The van der Waals surface area contributed by atoms with Crippen molar-refractivity contribution in [2.24, 2.45) is 0 Å². The number of ether oxygens (including phenoxy) is 1. The van der Waals surface area contributed by atoms with Crippen molar-refractivity contribution in [2.45, 2.75) is 38.1 Å². The zero-order chi connectivity index (χ0) is 18.4. The molecule has 26 heavy (non-hydrogen) atoms. The van der Waals surface area contributed by atoms with Gasteiger partial charge in [0.05, 0.1) is 13.2 Å². The number of nitrogens with one attached hydrogen (secondary N) is 2. The summed E-state index contributed by atoms with van der Waals surface area (Å²) in [7, 11) is 1.37. The summed E-state index contributed by atoms with van der Waals surface area (Å²) in [5.74, 6) is -0.545. The average Bonchev–Trinajstić information content (AvgIpc) is 3.32. The molecule has 1 saturated heterocycles. The minimum absolute atomic E-state index is 0.244. The van der Waals surface area contributed by atoms with E-state index in [1.165, 1.54) is 18.4 Å². The van der Waals surface area contributed by atoms with E-state index in [2.05, 4.69) is 30.7 Å². The number of rotatable bonds is 7. The summed E-state index contributed by atoms with van der Waals surface area (Å²) in [6.07, 6.45) is 5.59. The van der Waals surface area contributed by atoms with Gasteiger partial charge in [0, 0.05) is 25.6 Å². The van der Waals surface area contributed by atoms with Crippen LogP contribution in [0.15, 0.2) is 12.3 Å². The molecule has 1 atom stereocenters. The van der Waals surface area contributed by atoms with Crippen LogP contribution in [-0.4, -0.2) is 52.1 Å². The number of aryl methyl sites for hydroxylation is 1. The highest BCUT2D eigenvalue weighted by atomic mass is 32.1. The summed E-state index contributed by atoms with van der Waals surface area (Å²) in [6, 6.07) is 2.00. The minimum atomic E-state index is -0.301. The summed E-state index contributed by atoms with van der Waals surface area (Å²) in [5, 5.41) is 19.6. The van der Waals surface area contributed by atoms with Crippen LogP contribution in [-0.2, 0) is 16.0 Å². The van der Waals surface area contributed by atoms with Gasteiger partial charge in [-0.25, -0.2) is 0 Å². The minimum Gasteiger partial charge on any atom is -0.469 e. The van der Waals surface area contributed by atoms with Gasteiger partial charge in [-0.2, -0.15) is 5.10 Å². The number of anilines is 1. The first-order valence-electron chi connectivity index (χ1n) is 8.62. The van der Waals surface area contributed by atoms with E-state index in [9.17, 15) is 9.59 Å². The van der Waals surface area contributed by atoms with Gasteiger partial charge >= 0.3 is 5.97 Å². The van der Waals surface area contributed by atoms with Crippen LogP contribution in [0.5, 0.6) is 0 Å². The fraction of sp³-hybridized carbons (Fsp3) is 0.562. The largest absolute Gasteiger partial charge is 0.469 e. The van der Waals surface area contributed by atoms with Crippen molar-refractivity contribution in [3.05, 3.63) is 23.0 Å². The van der Waals surface area contributed by atoms with Crippen LogP contribution in [0.2, 0.25) is 0 Å². The third-order valence-electron chi connectivity index (χ3n) is 4.17. The summed E-state index contributed by atoms with van der Waals surface area (Å²) in [6.45, 7) is 1.90. The monoisotopic (exact) mass is 378 g/mol. The molecule has 9 nitrogen and oxygen atoms in total. The third kappa shape index (κ3) is 4.85. The van der Waals surface area contributed by atoms with Crippen LogP contribution < -0.4 is 10.6 Å². The Balaban J connectivity index is 1.52. The third-order valence-corrected chi connectivity index (χ3v) is 5.07. The molecule has 1 aliphatic heterocycles. The fourth-order valence-electron chi connectivity index (χ4n) is 2.77. The van der Waals surface area contributed by atoms with Gasteiger partial charge in [-0.15, -0.1) is 10.2 Å². The van der Waals surface area contributed by atoms with E-state index in [0.29, 0.717) is 30.1 Å². The highest BCUT2D eigenvalue weighted by Gasteiger charge is 2.18. The fourth-order valence-corrected chi connectivity index (χ4v) is 3.55. The first kappa shape index (κ1) is 18.5. The maximum absolute atomic E-state index is 12.3. The van der Waals surface area contributed by atoms with Gasteiger partial charge in [-0.1, -0.05) is 11.3 Å². The molecule has 3 heterocycles. The van der Waals surface area contributed by atoms with Crippen molar-refractivity contribution in [3.63, 3.8) is 0 Å². The molecule has 2 N–H and O–H groups in total. The van der Waals surface area contributed by atoms with Crippen LogP contribution in [0.3, 0.4) is 0 Å². The zero-order valence-corrected chi connectivity index (χ0v) is 15.4. The number of methoxy groups -OCH3 is 1. The lowest BCUT2D eigenvalue weighted by Crippen LogP contribution is -2.32. The Bertz CT molecular complexity index is 753. The van der Waals surface area contributed by atoms with Gasteiger partial charge in [-0.3, -0.25) is 19.6 Å². The molecular weight excluding hydrogens is 356 g/mol.